The van der Waals surface area contributed by atoms with E-state index in [0.29, 0.717) is 28.8 Å². The van der Waals surface area contributed by atoms with Gasteiger partial charge in [0.15, 0.2) is 0 Å². The number of hydrogen-bond donors (Lipinski definition) is 0. The number of imide groups is 1. The summed E-state index contributed by atoms with van der Waals surface area (Å²) in [5.41, 5.74) is 3.10. The van der Waals surface area contributed by atoms with E-state index in [0.717, 1.165) is 30.4 Å². The summed E-state index contributed by atoms with van der Waals surface area (Å²) in [4.78, 5) is 39.6. The van der Waals surface area contributed by atoms with Crippen molar-refractivity contribution in [1.29, 1.82) is 0 Å². The van der Waals surface area contributed by atoms with Gasteiger partial charge in [0.2, 0.25) is 11.8 Å². The quantitative estimate of drug-likeness (QED) is 0.451. The molecule has 2 amide bonds. The molecule has 0 unspecified atom stereocenters. The summed E-state index contributed by atoms with van der Waals surface area (Å²) in [5, 5.41) is 0. The summed E-state index contributed by atoms with van der Waals surface area (Å²) in [6.07, 6.45) is 3.13. The lowest BCUT2D eigenvalue weighted by atomic mass is 9.81. The molecule has 5 rings (SSSR count). The van der Waals surface area contributed by atoms with Gasteiger partial charge in [0.25, 0.3) is 0 Å². The molecule has 29 heavy (non-hydrogen) atoms. The van der Waals surface area contributed by atoms with Crippen LogP contribution in [-0.2, 0) is 9.59 Å². The van der Waals surface area contributed by atoms with E-state index in [2.05, 4.69) is 0 Å². The minimum atomic E-state index is -0.464. The molecule has 2 aliphatic carbocycles. The monoisotopic (exact) mass is 389 g/mol. The Morgan fingerprint density at radius 1 is 0.897 bits per heavy atom. The van der Waals surface area contributed by atoms with Crippen LogP contribution in [0.5, 0.6) is 5.75 Å². The minimum Gasteiger partial charge on any atom is -0.423 e. The number of amides is 2. The van der Waals surface area contributed by atoms with Crippen LogP contribution in [0.1, 0.15) is 40.7 Å². The van der Waals surface area contributed by atoms with Gasteiger partial charge >= 0.3 is 5.97 Å². The number of esters is 1. The first kappa shape index (κ1) is 18.1. The first-order valence-corrected chi connectivity index (χ1v) is 10.2. The summed E-state index contributed by atoms with van der Waals surface area (Å²) in [5.74, 6) is 0.322. The Morgan fingerprint density at radius 2 is 1.52 bits per heavy atom. The second kappa shape index (κ2) is 6.55. The number of carbonyl (C=O) groups excluding carboxylic acids is 3. The summed E-state index contributed by atoms with van der Waals surface area (Å²) < 4.78 is 5.45. The zero-order chi connectivity index (χ0) is 20.3. The van der Waals surface area contributed by atoms with Gasteiger partial charge in [-0.15, -0.1) is 0 Å². The molecule has 1 heterocycles. The number of ether oxygens (including phenoxy) is 1. The van der Waals surface area contributed by atoms with E-state index in [4.69, 9.17) is 4.74 Å². The van der Waals surface area contributed by atoms with E-state index in [1.54, 1.807) is 30.3 Å². The molecule has 2 saturated carbocycles. The molecular weight excluding hydrogens is 366 g/mol. The molecule has 5 heteroatoms. The van der Waals surface area contributed by atoms with Crippen molar-refractivity contribution in [2.75, 3.05) is 4.90 Å². The van der Waals surface area contributed by atoms with Gasteiger partial charge in [-0.2, -0.15) is 0 Å². The fourth-order valence-corrected chi connectivity index (χ4v) is 5.35. The van der Waals surface area contributed by atoms with Crippen LogP contribution in [-0.4, -0.2) is 17.8 Å². The van der Waals surface area contributed by atoms with Crippen LogP contribution in [0.15, 0.2) is 42.5 Å². The van der Waals surface area contributed by atoms with Crippen LogP contribution >= 0.6 is 0 Å². The summed E-state index contributed by atoms with van der Waals surface area (Å²) in [6, 6.07) is 12.1. The van der Waals surface area contributed by atoms with E-state index >= 15 is 0 Å². The predicted molar refractivity (Wildman–Crippen MR) is 108 cm³/mol. The van der Waals surface area contributed by atoms with Gasteiger partial charge in [0.1, 0.15) is 5.75 Å². The Bertz CT molecular complexity index is 998. The molecule has 0 radical (unpaired) electrons. The lowest BCUT2D eigenvalue weighted by molar-refractivity contribution is -0.123. The van der Waals surface area contributed by atoms with Crippen molar-refractivity contribution in [3.8, 4) is 5.75 Å². The molecule has 3 fully saturated rings. The SMILES string of the molecule is Cc1ccc(OC(=O)c2ccc(N3C(=O)[C@H]4[C@H]5CC[C@@H](C5)[C@@H]4C3=O)cc2)cc1C. The maximum atomic E-state index is 12.9. The zero-order valence-corrected chi connectivity index (χ0v) is 16.6. The highest BCUT2D eigenvalue weighted by Gasteiger charge is 2.61. The van der Waals surface area contributed by atoms with Crippen molar-refractivity contribution >= 4 is 23.5 Å². The van der Waals surface area contributed by atoms with Gasteiger partial charge in [-0.05, 0) is 92.5 Å². The summed E-state index contributed by atoms with van der Waals surface area (Å²) >= 11 is 0. The van der Waals surface area contributed by atoms with Crippen molar-refractivity contribution in [2.24, 2.45) is 23.7 Å². The maximum absolute atomic E-state index is 12.9. The van der Waals surface area contributed by atoms with Crippen molar-refractivity contribution in [1.82, 2.24) is 0 Å². The number of nitrogens with zero attached hydrogens (tertiary/aromatic N) is 1. The van der Waals surface area contributed by atoms with Gasteiger partial charge in [0.05, 0.1) is 23.1 Å². The zero-order valence-electron chi connectivity index (χ0n) is 16.6. The topological polar surface area (TPSA) is 63.7 Å². The molecule has 3 aliphatic rings. The van der Waals surface area contributed by atoms with Crippen molar-refractivity contribution in [3.05, 3.63) is 59.2 Å². The minimum absolute atomic E-state index is 0.0716. The summed E-state index contributed by atoms with van der Waals surface area (Å²) in [6.45, 7) is 3.97. The van der Waals surface area contributed by atoms with Crippen molar-refractivity contribution < 1.29 is 19.1 Å². The molecule has 2 aromatic rings. The Labute approximate surface area is 169 Å². The highest BCUT2D eigenvalue weighted by molar-refractivity contribution is 6.22. The summed E-state index contributed by atoms with van der Waals surface area (Å²) in [7, 11) is 0. The number of hydrogen-bond acceptors (Lipinski definition) is 4. The van der Waals surface area contributed by atoms with E-state index in [-0.39, 0.29) is 23.7 Å². The van der Waals surface area contributed by atoms with Crippen LogP contribution in [0.25, 0.3) is 0 Å². The number of aryl methyl sites for hydroxylation is 2. The smallest absolute Gasteiger partial charge is 0.343 e. The van der Waals surface area contributed by atoms with Crippen LogP contribution < -0.4 is 9.64 Å². The molecule has 1 aliphatic heterocycles. The average Bonchev–Trinajstić information content (AvgIpc) is 3.39. The first-order valence-electron chi connectivity index (χ1n) is 10.2. The molecule has 2 bridgehead atoms. The van der Waals surface area contributed by atoms with Crippen LogP contribution in [0, 0.1) is 37.5 Å². The predicted octanol–water partition coefficient (Wildman–Crippen LogP) is 4.06. The molecule has 4 atom stereocenters. The lowest BCUT2D eigenvalue weighted by Gasteiger charge is -2.19. The van der Waals surface area contributed by atoms with Gasteiger partial charge in [0, 0.05) is 0 Å². The van der Waals surface area contributed by atoms with Crippen LogP contribution in [0.3, 0.4) is 0 Å². The lowest BCUT2D eigenvalue weighted by Crippen LogP contribution is -2.32. The molecule has 148 valence electrons. The molecule has 0 spiro atoms. The van der Waals surface area contributed by atoms with Crippen LogP contribution in [0.4, 0.5) is 5.69 Å². The van der Waals surface area contributed by atoms with Gasteiger partial charge < -0.3 is 4.74 Å². The number of benzene rings is 2. The third-order valence-electron chi connectivity index (χ3n) is 6.98. The molecular formula is C24H23NO4. The van der Waals surface area contributed by atoms with E-state index in [1.807, 2.05) is 26.0 Å². The number of anilines is 1. The largest absolute Gasteiger partial charge is 0.423 e. The third kappa shape index (κ3) is 2.79. The Hall–Kier alpha value is -2.95. The molecule has 0 aromatic heterocycles. The number of rotatable bonds is 3. The van der Waals surface area contributed by atoms with Crippen molar-refractivity contribution in [3.63, 3.8) is 0 Å². The van der Waals surface area contributed by atoms with E-state index in [9.17, 15) is 14.4 Å². The second-order valence-corrected chi connectivity index (χ2v) is 8.58. The van der Waals surface area contributed by atoms with Gasteiger partial charge in [-0.25, -0.2) is 4.79 Å². The molecule has 2 aromatic carbocycles. The van der Waals surface area contributed by atoms with Gasteiger partial charge in [-0.3, -0.25) is 14.5 Å². The Morgan fingerprint density at radius 3 is 2.10 bits per heavy atom. The van der Waals surface area contributed by atoms with Gasteiger partial charge in [-0.1, -0.05) is 6.07 Å². The molecule has 5 nitrogen and oxygen atoms in total. The normalized spacial score (nSPS) is 27.4. The maximum Gasteiger partial charge on any atom is 0.343 e. The fraction of sp³-hybridized carbons (Fsp3) is 0.375. The van der Waals surface area contributed by atoms with Crippen LogP contribution in [0.2, 0.25) is 0 Å². The van der Waals surface area contributed by atoms with E-state index < -0.39 is 5.97 Å². The average molecular weight is 389 g/mol. The highest BCUT2D eigenvalue weighted by atomic mass is 16.5. The Balaban J connectivity index is 1.34. The fourth-order valence-electron chi connectivity index (χ4n) is 5.35. The van der Waals surface area contributed by atoms with Crippen molar-refractivity contribution in [2.45, 2.75) is 33.1 Å². The molecule has 0 N–H and O–H groups in total. The molecule has 1 saturated heterocycles. The second-order valence-electron chi connectivity index (χ2n) is 8.58. The Kier molecular flexibility index (Phi) is 4.09. The van der Waals surface area contributed by atoms with E-state index in [1.165, 1.54) is 4.90 Å². The highest BCUT2D eigenvalue weighted by Crippen LogP contribution is 2.56. The number of carbonyl (C=O) groups is 3. The third-order valence-corrected chi connectivity index (χ3v) is 6.98. The first-order chi connectivity index (χ1) is 13.9. The standard InChI is InChI=1S/C24H23NO4/c1-13-3-10-19(11-14(13)2)29-24(28)15-6-8-18(9-7-15)25-22(26)20-16-4-5-17(12-16)21(20)23(25)27/h3,6-11,16-17,20-21H,4-5,12H2,1-2H3/t16-,17-,20-,21-/m0/s1. The number of fused-ring (bicyclic) bond motifs is 5.